The number of nitrogens with zero attached hydrogens (tertiary/aromatic N) is 1. The molecule has 1 saturated heterocycles. The molecule has 1 atom stereocenters. The first-order chi connectivity index (χ1) is 7.06. The van der Waals surface area contributed by atoms with E-state index in [4.69, 9.17) is 10.00 Å². The van der Waals surface area contributed by atoms with E-state index in [2.05, 4.69) is 32.9 Å². The third kappa shape index (κ3) is 4.48. The fourth-order valence-electron chi connectivity index (χ4n) is 1.73. The molecule has 0 aromatic carbocycles. The van der Waals surface area contributed by atoms with E-state index >= 15 is 0 Å². The van der Waals surface area contributed by atoms with Gasteiger partial charge in [-0.3, -0.25) is 0 Å². The van der Waals surface area contributed by atoms with Gasteiger partial charge in [0.2, 0.25) is 0 Å². The second kappa shape index (κ2) is 5.32. The summed E-state index contributed by atoms with van der Waals surface area (Å²) in [6.07, 6.45) is 7.66. The number of allylic oxidation sites excluding steroid dienone is 2. The van der Waals surface area contributed by atoms with Gasteiger partial charge in [0.25, 0.3) is 0 Å². The molecule has 0 spiro atoms. The van der Waals surface area contributed by atoms with Crippen LogP contribution in [0.25, 0.3) is 0 Å². The zero-order chi connectivity index (χ0) is 11.3. The molecule has 0 saturated carbocycles. The monoisotopic (exact) mass is 207 g/mol. The summed E-state index contributed by atoms with van der Waals surface area (Å²) in [4.78, 5) is 0. The van der Waals surface area contributed by atoms with Crippen molar-refractivity contribution < 1.29 is 4.74 Å². The third-order valence-corrected chi connectivity index (χ3v) is 2.95. The Morgan fingerprint density at radius 3 is 2.73 bits per heavy atom. The predicted octanol–water partition coefficient (Wildman–Crippen LogP) is 3.58. The van der Waals surface area contributed by atoms with Gasteiger partial charge in [0.05, 0.1) is 17.8 Å². The highest BCUT2D eigenvalue weighted by Gasteiger charge is 2.46. The van der Waals surface area contributed by atoms with Gasteiger partial charge in [0, 0.05) is 6.42 Å². The van der Waals surface area contributed by atoms with E-state index < -0.39 is 0 Å². The van der Waals surface area contributed by atoms with Crippen LogP contribution in [-0.4, -0.2) is 11.7 Å². The lowest BCUT2D eigenvalue weighted by Crippen LogP contribution is -2.02. The largest absolute Gasteiger partial charge is 0.367 e. The SMILES string of the molecule is C/C(=C\CCCC#N)CCC1OC1(C)C. The quantitative estimate of drug-likeness (QED) is 0.379. The van der Waals surface area contributed by atoms with Crippen molar-refractivity contribution in [3.8, 4) is 6.07 Å². The molecule has 1 rings (SSSR count). The highest BCUT2D eigenvalue weighted by atomic mass is 16.6. The average molecular weight is 207 g/mol. The number of ether oxygens (including phenoxy) is 1. The van der Waals surface area contributed by atoms with Gasteiger partial charge < -0.3 is 4.74 Å². The fourth-order valence-corrected chi connectivity index (χ4v) is 1.73. The van der Waals surface area contributed by atoms with Gasteiger partial charge in [0.15, 0.2) is 0 Å². The molecule has 2 heteroatoms. The first kappa shape index (κ1) is 12.3. The first-order valence-corrected chi connectivity index (χ1v) is 5.76. The van der Waals surface area contributed by atoms with Crippen molar-refractivity contribution in [2.24, 2.45) is 0 Å². The van der Waals surface area contributed by atoms with Crippen molar-refractivity contribution in [1.82, 2.24) is 0 Å². The Morgan fingerprint density at radius 1 is 1.53 bits per heavy atom. The smallest absolute Gasteiger partial charge is 0.0892 e. The molecule has 1 aliphatic heterocycles. The van der Waals surface area contributed by atoms with Crippen LogP contribution in [0.15, 0.2) is 11.6 Å². The molecule has 1 fully saturated rings. The van der Waals surface area contributed by atoms with Crippen molar-refractivity contribution in [3.63, 3.8) is 0 Å². The molecule has 0 radical (unpaired) electrons. The minimum absolute atomic E-state index is 0.126. The van der Waals surface area contributed by atoms with Crippen LogP contribution in [0.4, 0.5) is 0 Å². The van der Waals surface area contributed by atoms with Crippen molar-refractivity contribution in [1.29, 1.82) is 5.26 Å². The molecule has 0 N–H and O–H groups in total. The standard InChI is InChI=1S/C13H21NO/c1-11(7-5-4-6-10-14)8-9-12-13(2,3)15-12/h7,12H,4-6,8-9H2,1-3H3/b11-7+. The van der Waals surface area contributed by atoms with Crippen LogP contribution in [-0.2, 0) is 4.74 Å². The van der Waals surface area contributed by atoms with E-state index in [1.54, 1.807) is 0 Å². The molecule has 0 aromatic heterocycles. The molecule has 0 amide bonds. The summed E-state index contributed by atoms with van der Waals surface area (Å²) in [5.41, 5.74) is 1.56. The van der Waals surface area contributed by atoms with Gasteiger partial charge in [0.1, 0.15) is 0 Å². The van der Waals surface area contributed by atoms with Crippen LogP contribution in [0.2, 0.25) is 0 Å². The van der Waals surface area contributed by atoms with Gasteiger partial charge >= 0.3 is 0 Å². The van der Waals surface area contributed by atoms with E-state index in [1.165, 1.54) is 5.57 Å². The minimum Gasteiger partial charge on any atom is -0.367 e. The zero-order valence-electron chi connectivity index (χ0n) is 10.0. The number of nitriles is 1. The van der Waals surface area contributed by atoms with Gasteiger partial charge in [-0.25, -0.2) is 0 Å². The summed E-state index contributed by atoms with van der Waals surface area (Å²) in [7, 11) is 0. The zero-order valence-corrected chi connectivity index (χ0v) is 10.0. The second-order valence-corrected chi connectivity index (χ2v) is 4.85. The Balaban J connectivity index is 2.08. The van der Waals surface area contributed by atoms with Crippen LogP contribution < -0.4 is 0 Å². The second-order valence-electron chi connectivity index (χ2n) is 4.85. The lowest BCUT2D eigenvalue weighted by atomic mass is 10.0. The molecule has 0 bridgehead atoms. The van der Waals surface area contributed by atoms with Crippen LogP contribution in [0, 0.1) is 11.3 Å². The summed E-state index contributed by atoms with van der Waals surface area (Å²) in [6.45, 7) is 6.45. The fraction of sp³-hybridized carbons (Fsp3) is 0.769. The van der Waals surface area contributed by atoms with Gasteiger partial charge in [-0.1, -0.05) is 11.6 Å². The summed E-state index contributed by atoms with van der Waals surface area (Å²) < 4.78 is 5.53. The Kier molecular flexibility index (Phi) is 4.35. The maximum absolute atomic E-state index is 8.39. The summed E-state index contributed by atoms with van der Waals surface area (Å²) in [6, 6.07) is 2.16. The van der Waals surface area contributed by atoms with Crippen molar-refractivity contribution in [3.05, 3.63) is 11.6 Å². The lowest BCUT2D eigenvalue weighted by Gasteiger charge is -2.00. The maximum atomic E-state index is 8.39. The van der Waals surface area contributed by atoms with E-state index in [-0.39, 0.29) is 5.60 Å². The maximum Gasteiger partial charge on any atom is 0.0892 e. The van der Waals surface area contributed by atoms with Crippen LogP contribution in [0.1, 0.15) is 52.9 Å². The lowest BCUT2D eigenvalue weighted by molar-refractivity contribution is 0.320. The Hall–Kier alpha value is -0.810. The van der Waals surface area contributed by atoms with E-state index in [9.17, 15) is 0 Å². The third-order valence-electron chi connectivity index (χ3n) is 2.95. The first-order valence-electron chi connectivity index (χ1n) is 5.76. The molecular formula is C13H21NO. The van der Waals surface area contributed by atoms with E-state index in [0.717, 1.165) is 25.7 Å². The highest BCUT2D eigenvalue weighted by Crippen LogP contribution is 2.38. The van der Waals surface area contributed by atoms with Crippen LogP contribution >= 0.6 is 0 Å². The van der Waals surface area contributed by atoms with Gasteiger partial charge in [-0.2, -0.15) is 5.26 Å². The number of unbranched alkanes of at least 4 members (excludes halogenated alkanes) is 2. The summed E-state index contributed by atoms with van der Waals surface area (Å²) >= 11 is 0. The molecule has 84 valence electrons. The normalized spacial score (nSPS) is 23.6. The Labute approximate surface area is 92.9 Å². The number of hydrogen-bond acceptors (Lipinski definition) is 2. The molecule has 0 aromatic rings. The molecular weight excluding hydrogens is 186 g/mol. The van der Waals surface area contributed by atoms with E-state index in [1.807, 2.05) is 0 Å². The number of hydrogen-bond donors (Lipinski definition) is 0. The van der Waals surface area contributed by atoms with Crippen molar-refractivity contribution in [2.75, 3.05) is 0 Å². The molecule has 1 unspecified atom stereocenters. The van der Waals surface area contributed by atoms with Gasteiger partial charge in [-0.15, -0.1) is 0 Å². The molecule has 2 nitrogen and oxygen atoms in total. The Bertz CT molecular complexity index is 273. The molecule has 15 heavy (non-hydrogen) atoms. The van der Waals surface area contributed by atoms with Crippen LogP contribution in [0.5, 0.6) is 0 Å². The topological polar surface area (TPSA) is 36.3 Å². The predicted molar refractivity (Wildman–Crippen MR) is 61.4 cm³/mol. The highest BCUT2D eigenvalue weighted by molar-refractivity contribution is 5.02. The summed E-state index contributed by atoms with van der Waals surface area (Å²) in [5, 5.41) is 8.39. The minimum atomic E-state index is 0.126. The molecule has 1 heterocycles. The van der Waals surface area contributed by atoms with E-state index in [0.29, 0.717) is 12.5 Å². The molecule has 0 aliphatic carbocycles. The molecule has 1 aliphatic rings. The number of epoxide rings is 1. The van der Waals surface area contributed by atoms with Crippen molar-refractivity contribution >= 4 is 0 Å². The van der Waals surface area contributed by atoms with Crippen molar-refractivity contribution in [2.45, 2.75) is 64.6 Å². The Morgan fingerprint density at radius 2 is 2.20 bits per heavy atom. The van der Waals surface area contributed by atoms with Gasteiger partial charge in [-0.05, 0) is 46.5 Å². The number of rotatable bonds is 6. The summed E-state index contributed by atoms with van der Waals surface area (Å²) in [5.74, 6) is 0. The average Bonchev–Trinajstić information content (AvgIpc) is 2.78. The van der Waals surface area contributed by atoms with Crippen LogP contribution in [0.3, 0.4) is 0 Å².